The van der Waals surface area contributed by atoms with Crippen molar-refractivity contribution in [3.8, 4) is 0 Å². The van der Waals surface area contributed by atoms with Gasteiger partial charge in [-0.05, 0) is 18.8 Å². The van der Waals surface area contributed by atoms with Gasteiger partial charge < -0.3 is 10.2 Å². The lowest BCUT2D eigenvalue weighted by atomic mass is 9.94. The lowest BCUT2D eigenvalue weighted by Gasteiger charge is -2.32. The van der Waals surface area contributed by atoms with Crippen LogP contribution in [0, 0.1) is 5.92 Å². The maximum absolute atomic E-state index is 10.4. The van der Waals surface area contributed by atoms with Crippen molar-refractivity contribution in [3.63, 3.8) is 0 Å². The number of aliphatic carboxylic acids is 1. The van der Waals surface area contributed by atoms with Gasteiger partial charge in [-0.2, -0.15) is 0 Å². The summed E-state index contributed by atoms with van der Waals surface area (Å²) in [6.07, 6.45) is 0.945. The van der Waals surface area contributed by atoms with Crippen LogP contribution in [-0.2, 0) is 4.79 Å². The van der Waals surface area contributed by atoms with E-state index in [0.717, 1.165) is 12.8 Å². The molecule has 0 saturated carbocycles. The SMILES string of the molecule is NC(O)N1CCC(CC(=O)O)CC1. The van der Waals surface area contributed by atoms with Crippen molar-refractivity contribution in [3.05, 3.63) is 0 Å². The Morgan fingerprint density at radius 3 is 2.46 bits per heavy atom. The Morgan fingerprint density at radius 1 is 1.54 bits per heavy atom. The minimum absolute atomic E-state index is 0.231. The standard InChI is InChI=1S/C8H16N2O3/c9-8(13)10-3-1-6(2-4-10)5-7(11)12/h6,8,13H,1-5,9H2,(H,11,12). The molecule has 0 bridgehead atoms. The highest BCUT2D eigenvalue weighted by atomic mass is 16.4. The summed E-state index contributed by atoms with van der Waals surface area (Å²) in [5.74, 6) is -0.501. The highest BCUT2D eigenvalue weighted by molar-refractivity contribution is 5.67. The zero-order valence-electron chi connectivity index (χ0n) is 7.52. The molecule has 13 heavy (non-hydrogen) atoms. The van der Waals surface area contributed by atoms with E-state index in [0.29, 0.717) is 13.1 Å². The number of piperidine rings is 1. The topological polar surface area (TPSA) is 86.8 Å². The third-order valence-corrected chi connectivity index (χ3v) is 2.49. The molecule has 5 nitrogen and oxygen atoms in total. The van der Waals surface area contributed by atoms with E-state index in [4.69, 9.17) is 15.9 Å². The molecule has 0 amide bonds. The first-order valence-electron chi connectivity index (χ1n) is 4.49. The predicted molar refractivity (Wildman–Crippen MR) is 46.7 cm³/mol. The molecular weight excluding hydrogens is 172 g/mol. The first-order valence-corrected chi connectivity index (χ1v) is 4.49. The third kappa shape index (κ3) is 3.30. The van der Waals surface area contributed by atoms with Crippen LogP contribution in [0.3, 0.4) is 0 Å². The first-order chi connectivity index (χ1) is 6.09. The second-order valence-corrected chi connectivity index (χ2v) is 3.49. The summed E-state index contributed by atoms with van der Waals surface area (Å²) in [6, 6.07) is 0. The molecule has 76 valence electrons. The molecule has 0 aromatic heterocycles. The molecule has 4 N–H and O–H groups in total. The molecular formula is C8H16N2O3. The summed E-state index contributed by atoms with van der Waals surface area (Å²) in [6.45, 7) is 1.38. The molecule has 0 radical (unpaired) electrons. The number of hydrogen-bond donors (Lipinski definition) is 3. The molecule has 1 unspecified atom stereocenters. The minimum atomic E-state index is -0.897. The highest BCUT2D eigenvalue weighted by Gasteiger charge is 2.23. The average Bonchev–Trinajstić information content (AvgIpc) is 2.04. The monoisotopic (exact) mass is 188 g/mol. The molecule has 1 aliphatic heterocycles. The fraction of sp³-hybridized carbons (Fsp3) is 0.875. The second-order valence-electron chi connectivity index (χ2n) is 3.49. The van der Waals surface area contributed by atoms with Gasteiger partial charge >= 0.3 is 5.97 Å². The van der Waals surface area contributed by atoms with Crippen molar-refractivity contribution in [1.29, 1.82) is 0 Å². The number of aliphatic hydroxyl groups excluding tert-OH is 1. The number of nitrogens with zero attached hydrogens (tertiary/aromatic N) is 1. The Kier molecular flexibility index (Phi) is 3.65. The molecule has 0 spiro atoms. The lowest BCUT2D eigenvalue weighted by Crippen LogP contribution is -2.46. The highest BCUT2D eigenvalue weighted by Crippen LogP contribution is 2.20. The van der Waals surface area contributed by atoms with Gasteiger partial charge in [0.05, 0.1) is 0 Å². The van der Waals surface area contributed by atoms with Crippen LogP contribution < -0.4 is 5.73 Å². The van der Waals surface area contributed by atoms with Crippen molar-refractivity contribution in [2.45, 2.75) is 25.6 Å². The smallest absolute Gasteiger partial charge is 0.303 e. The van der Waals surface area contributed by atoms with Crippen LogP contribution in [0.4, 0.5) is 0 Å². The Bertz CT molecular complexity index is 176. The van der Waals surface area contributed by atoms with Crippen LogP contribution in [0.25, 0.3) is 0 Å². The normalized spacial score (nSPS) is 22.9. The number of rotatable bonds is 3. The molecule has 1 fully saturated rings. The summed E-state index contributed by atoms with van der Waals surface area (Å²) in [5, 5.41) is 17.6. The number of nitrogens with two attached hydrogens (primary N) is 1. The van der Waals surface area contributed by atoms with Crippen LogP contribution in [0.15, 0.2) is 0 Å². The van der Waals surface area contributed by atoms with Gasteiger partial charge in [0.25, 0.3) is 0 Å². The van der Waals surface area contributed by atoms with E-state index in [-0.39, 0.29) is 12.3 Å². The molecule has 1 aliphatic rings. The van der Waals surface area contributed by atoms with E-state index >= 15 is 0 Å². The number of hydrogen-bond acceptors (Lipinski definition) is 4. The van der Waals surface area contributed by atoms with Gasteiger partial charge in [-0.3, -0.25) is 15.4 Å². The molecule has 1 heterocycles. The quantitative estimate of drug-likeness (QED) is 0.515. The Morgan fingerprint density at radius 2 is 2.08 bits per heavy atom. The number of likely N-dealkylation sites (tertiary alicyclic amines) is 1. The van der Waals surface area contributed by atoms with E-state index in [1.54, 1.807) is 4.90 Å². The van der Waals surface area contributed by atoms with Crippen LogP contribution in [0.2, 0.25) is 0 Å². The Balaban J connectivity index is 2.26. The van der Waals surface area contributed by atoms with E-state index in [2.05, 4.69) is 0 Å². The average molecular weight is 188 g/mol. The fourth-order valence-electron chi connectivity index (χ4n) is 1.67. The molecule has 1 saturated heterocycles. The van der Waals surface area contributed by atoms with Crippen molar-refractivity contribution in [1.82, 2.24) is 4.90 Å². The molecule has 1 atom stereocenters. The Labute approximate surface area is 77.1 Å². The number of aliphatic hydroxyl groups is 1. The zero-order chi connectivity index (χ0) is 9.84. The van der Waals surface area contributed by atoms with Crippen molar-refractivity contribution >= 4 is 5.97 Å². The lowest BCUT2D eigenvalue weighted by molar-refractivity contribution is -0.138. The Hall–Kier alpha value is -0.650. The summed E-state index contributed by atoms with van der Waals surface area (Å²) in [7, 11) is 0. The fourth-order valence-corrected chi connectivity index (χ4v) is 1.67. The maximum Gasteiger partial charge on any atom is 0.303 e. The number of carboxylic acids is 1. The summed E-state index contributed by atoms with van der Waals surface area (Å²) in [5.41, 5.74) is 5.28. The van der Waals surface area contributed by atoms with E-state index in [1.807, 2.05) is 0 Å². The van der Waals surface area contributed by atoms with Crippen LogP contribution in [-0.4, -0.2) is 40.5 Å². The van der Waals surface area contributed by atoms with E-state index in [1.165, 1.54) is 0 Å². The molecule has 0 aromatic rings. The van der Waals surface area contributed by atoms with Crippen molar-refractivity contribution in [2.24, 2.45) is 11.7 Å². The maximum atomic E-state index is 10.4. The first kappa shape index (κ1) is 10.4. The predicted octanol–water partition coefficient (Wildman–Crippen LogP) is -0.592. The van der Waals surface area contributed by atoms with Gasteiger partial charge in [-0.15, -0.1) is 0 Å². The summed E-state index contributed by atoms with van der Waals surface area (Å²) < 4.78 is 0. The zero-order valence-corrected chi connectivity index (χ0v) is 7.52. The van der Waals surface area contributed by atoms with Gasteiger partial charge in [0, 0.05) is 19.5 Å². The molecule has 0 aliphatic carbocycles. The van der Waals surface area contributed by atoms with Gasteiger partial charge in [-0.25, -0.2) is 0 Å². The number of carboxylic acid groups (broad SMARTS) is 1. The molecule has 0 aromatic carbocycles. The second kappa shape index (κ2) is 4.55. The van der Waals surface area contributed by atoms with Crippen LogP contribution in [0.5, 0.6) is 0 Å². The van der Waals surface area contributed by atoms with Gasteiger partial charge in [0.1, 0.15) is 0 Å². The third-order valence-electron chi connectivity index (χ3n) is 2.49. The molecule has 5 heteroatoms. The molecule has 1 rings (SSSR count). The number of carbonyl (C=O) groups is 1. The summed E-state index contributed by atoms with van der Waals surface area (Å²) >= 11 is 0. The van der Waals surface area contributed by atoms with Crippen LogP contribution in [0.1, 0.15) is 19.3 Å². The summed E-state index contributed by atoms with van der Waals surface area (Å²) in [4.78, 5) is 12.1. The van der Waals surface area contributed by atoms with Gasteiger partial charge in [0.2, 0.25) is 0 Å². The van der Waals surface area contributed by atoms with Crippen molar-refractivity contribution < 1.29 is 15.0 Å². The largest absolute Gasteiger partial charge is 0.481 e. The van der Waals surface area contributed by atoms with Gasteiger partial charge in [-0.1, -0.05) is 0 Å². The minimum Gasteiger partial charge on any atom is -0.481 e. The van der Waals surface area contributed by atoms with Gasteiger partial charge in [0.15, 0.2) is 6.35 Å². The van der Waals surface area contributed by atoms with E-state index < -0.39 is 12.3 Å². The van der Waals surface area contributed by atoms with Crippen LogP contribution >= 0.6 is 0 Å². The van der Waals surface area contributed by atoms with Crippen molar-refractivity contribution in [2.75, 3.05) is 13.1 Å². The van der Waals surface area contributed by atoms with E-state index in [9.17, 15) is 4.79 Å².